The first kappa shape index (κ1) is 18.0. The van der Waals surface area contributed by atoms with Gasteiger partial charge in [0.2, 0.25) is 0 Å². The molecule has 2 saturated heterocycles. The molecule has 3 aliphatic rings. The van der Waals surface area contributed by atoms with Crippen molar-refractivity contribution in [2.24, 2.45) is 5.92 Å². The van der Waals surface area contributed by atoms with Crippen LogP contribution in [0.15, 0.2) is 0 Å². The SMILES string of the molecule is C[C@@H](NC(=O)NC1CCC(N2CCCCC2)CC1)C1CCOCC1. The number of hydrogen-bond acceptors (Lipinski definition) is 3. The minimum atomic E-state index is 0.0235. The van der Waals surface area contributed by atoms with Crippen molar-refractivity contribution in [3.05, 3.63) is 0 Å². The van der Waals surface area contributed by atoms with Crippen molar-refractivity contribution < 1.29 is 9.53 Å². The summed E-state index contributed by atoms with van der Waals surface area (Å²) in [6.45, 7) is 6.36. The molecule has 2 amide bonds. The summed E-state index contributed by atoms with van der Waals surface area (Å²) < 4.78 is 5.40. The number of amides is 2. The monoisotopic (exact) mass is 337 g/mol. The first-order valence-electron chi connectivity index (χ1n) is 10.1. The zero-order chi connectivity index (χ0) is 16.8. The van der Waals surface area contributed by atoms with E-state index in [9.17, 15) is 4.79 Å². The number of likely N-dealkylation sites (tertiary alicyclic amines) is 1. The molecule has 5 heteroatoms. The predicted octanol–water partition coefficient (Wildman–Crippen LogP) is 2.90. The van der Waals surface area contributed by atoms with Gasteiger partial charge in [0.05, 0.1) is 0 Å². The average Bonchev–Trinajstić information content (AvgIpc) is 2.64. The molecule has 2 aliphatic heterocycles. The summed E-state index contributed by atoms with van der Waals surface area (Å²) in [7, 11) is 0. The summed E-state index contributed by atoms with van der Waals surface area (Å²) >= 11 is 0. The first-order chi connectivity index (χ1) is 11.7. The molecule has 0 bridgehead atoms. The lowest BCUT2D eigenvalue weighted by Gasteiger charge is -2.39. The molecule has 3 fully saturated rings. The Balaban J connectivity index is 1.35. The van der Waals surface area contributed by atoms with E-state index < -0.39 is 0 Å². The molecule has 2 N–H and O–H groups in total. The Hall–Kier alpha value is -0.810. The van der Waals surface area contributed by atoms with Crippen LogP contribution in [-0.2, 0) is 4.74 Å². The zero-order valence-corrected chi connectivity index (χ0v) is 15.3. The summed E-state index contributed by atoms with van der Waals surface area (Å²) in [6, 6.07) is 1.37. The van der Waals surface area contributed by atoms with Crippen molar-refractivity contribution in [1.29, 1.82) is 0 Å². The van der Waals surface area contributed by atoms with Crippen LogP contribution in [0.3, 0.4) is 0 Å². The van der Waals surface area contributed by atoms with Crippen LogP contribution in [-0.4, -0.2) is 55.4 Å². The topological polar surface area (TPSA) is 53.6 Å². The van der Waals surface area contributed by atoms with E-state index in [4.69, 9.17) is 4.74 Å². The lowest BCUT2D eigenvalue weighted by atomic mass is 9.89. The van der Waals surface area contributed by atoms with Crippen LogP contribution in [0.25, 0.3) is 0 Å². The minimum absolute atomic E-state index is 0.0235. The highest BCUT2D eigenvalue weighted by Gasteiger charge is 2.28. The highest BCUT2D eigenvalue weighted by atomic mass is 16.5. The van der Waals surface area contributed by atoms with E-state index in [1.807, 2.05) is 0 Å². The normalized spacial score (nSPS) is 31.4. The second-order valence-electron chi connectivity index (χ2n) is 7.96. The summed E-state index contributed by atoms with van der Waals surface area (Å²) in [5.74, 6) is 0.555. The fourth-order valence-corrected chi connectivity index (χ4v) is 4.64. The molecule has 5 nitrogen and oxygen atoms in total. The van der Waals surface area contributed by atoms with E-state index in [0.717, 1.165) is 44.9 Å². The summed E-state index contributed by atoms with van der Waals surface area (Å²) in [6.07, 6.45) is 11.0. The highest BCUT2D eigenvalue weighted by Crippen LogP contribution is 2.25. The van der Waals surface area contributed by atoms with Crippen LogP contribution in [0.1, 0.15) is 64.7 Å². The molecule has 0 aromatic heterocycles. The van der Waals surface area contributed by atoms with Gasteiger partial charge in [0, 0.05) is 31.3 Å². The molecule has 0 radical (unpaired) electrons. The summed E-state index contributed by atoms with van der Waals surface area (Å²) in [5, 5.41) is 6.37. The van der Waals surface area contributed by atoms with E-state index in [1.54, 1.807) is 0 Å². The van der Waals surface area contributed by atoms with Crippen LogP contribution < -0.4 is 10.6 Å². The van der Waals surface area contributed by atoms with Gasteiger partial charge in [-0.05, 0) is 77.3 Å². The van der Waals surface area contributed by atoms with Crippen LogP contribution in [0, 0.1) is 5.92 Å². The number of rotatable bonds is 4. The Morgan fingerprint density at radius 1 is 1.00 bits per heavy atom. The number of nitrogens with one attached hydrogen (secondary N) is 2. The number of hydrogen-bond donors (Lipinski definition) is 2. The van der Waals surface area contributed by atoms with Crippen molar-refractivity contribution in [3.63, 3.8) is 0 Å². The van der Waals surface area contributed by atoms with Gasteiger partial charge >= 0.3 is 6.03 Å². The number of nitrogens with zero attached hydrogens (tertiary/aromatic N) is 1. The van der Waals surface area contributed by atoms with Crippen molar-refractivity contribution in [2.45, 2.75) is 82.8 Å². The van der Waals surface area contributed by atoms with Gasteiger partial charge in [-0.15, -0.1) is 0 Å². The van der Waals surface area contributed by atoms with Gasteiger partial charge in [-0.3, -0.25) is 0 Å². The Morgan fingerprint density at radius 3 is 2.33 bits per heavy atom. The Labute approximate surface area is 146 Å². The molecule has 0 aromatic rings. The fourth-order valence-electron chi connectivity index (χ4n) is 4.64. The number of ether oxygens (including phenoxy) is 1. The van der Waals surface area contributed by atoms with Crippen LogP contribution in [0.2, 0.25) is 0 Å². The average molecular weight is 338 g/mol. The molecule has 0 unspecified atom stereocenters. The molecule has 24 heavy (non-hydrogen) atoms. The third kappa shape index (κ3) is 5.09. The van der Waals surface area contributed by atoms with Crippen LogP contribution >= 0.6 is 0 Å². The largest absolute Gasteiger partial charge is 0.381 e. The Morgan fingerprint density at radius 2 is 1.67 bits per heavy atom. The number of urea groups is 1. The highest BCUT2D eigenvalue weighted by molar-refractivity contribution is 5.74. The molecule has 3 rings (SSSR count). The van der Waals surface area contributed by atoms with Gasteiger partial charge in [-0.25, -0.2) is 4.79 Å². The third-order valence-electron chi connectivity index (χ3n) is 6.27. The van der Waals surface area contributed by atoms with Gasteiger partial charge in [0.1, 0.15) is 0 Å². The lowest BCUT2D eigenvalue weighted by Crippen LogP contribution is -2.50. The molecule has 0 spiro atoms. The molecular weight excluding hydrogens is 302 g/mol. The molecule has 138 valence electrons. The smallest absolute Gasteiger partial charge is 0.315 e. The van der Waals surface area contributed by atoms with Gasteiger partial charge in [-0.1, -0.05) is 6.42 Å². The van der Waals surface area contributed by atoms with E-state index in [1.165, 1.54) is 45.2 Å². The summed E-state index contributed by atoms with van der Waals surface area (Å²) in [5.41, 5.74) is 0. The maximum Gasteiger partial charge on any atom is 0.315 e. The summed E-state index contributed by atoms with van der Waals surface area (Å²) in [4.78, 5) is 15.0. The zero-order valence-electron chi connectivity index (χ0n) is 15.3. The van der Waals surface area contributed by atoms with E-state index in [-0.39, 0.29) is 12.1 Å². The second kappa shape index (κ2) is 9.04. The first-order valence-corrected chi connectivity index (χ1v) is 10.1. The van der Waals surface area contributed by atoms with E-state index in [0.29, 0.717) is 12.0 Å². The van der Waals surface area contributed by atoms with Gasteiger partial charge in [0.25, 0.3) is 0 Å². The standard InChI is InChI=1S/C19H35N3O2/c1-15(16-9-13-24-14-10-16)20-19(23)21-17-5-7-18(8-6-17)22-11-3-2-4-12-22/h15-18H,2-14H2,1H3,(H2,20,21,23)/t15-,17?,18?/m1/s1. The van der Waals surface area contributed by atoms with Gasteiger partial charge < -0.3 is 20.3 Å². The lowest BCUT2D eigenvalue weighted by molar-refractivity contribution is 0.0569. The maximum atomic E-state index is 12.3. The van der Waals surface area contributed by atoms with Crippen molar-refractivity contribution in [3.8, 4) is 0 Å². The maximum absolute atomic E-state index is 12.3. The molecule has 1 aliphatic carbocycles. The Bertz CT molecular complexity index is 384. The minimum Gasteiger partial charge on any atom is -0.381 e. The quantitative estimate of drug-likeness (QED) is 0.829. The van der Waals surface area contributed by atoms with Crippen LogP contribution in [0.4, 0.5) is 4.79 Å². The Kier molecular flexibility index (Phi) is 6.78. The van der Waals surface area contributed by atoms with E-state index in [2.05, 4.69) is 22.5 Å². The molecule has 1 saturated carbocycles. The predicted molar refractivity (Wildman–Crippen MR) is 96.1 cm³/mol. The van der Waals surface area contributed by atoms with Gasteiger partial charge in [0.15, 0.2) is 0 Å². The van der Waals surface area contributed by atoms with Crippen molar-refractivity contribution in [2.75, 3.05) is 26.3 Å². The van der Waals surface area contributed by atoms with Gasteiger partial charge in [-0.2, -0.15) is 0 Å². The number of carbonyl (C=O) groups excluding carboxylic acids is 1. The van der Waals surface area contributed by atoms with Crippen molar-refractivity contribution in [1.82, 2.24) is 15.5 Å². The second-order valence-corrected chi connectivity index (χ2v) is 7.96. The third-order valence-corrected chi connectivity index (χ3v) is 6.27. The molecular formula is C19H35N3O2. The van der Waals surface area contributed by atoms with Crippen molar-refractivity contribution >= 4 is 6.03 Å². The molecule has 1 atom stereocenters. The fraction of sp³-hybridized carbons (Fsp3) is 0.947. The molecule has 0 aromatic carbocycles. The number of piperidine rings is 1. The van der Waals surface area contributed by atoms with E-state index >= 15 is 0 Å². The molecule has 2 heterocycles. The van der Waals surface area contributed by atoms with Crippen LogP contribution in [0.5, 0.6) is 0 Å². The number of carbonyl (C=O) groups is 1.